The van der Waals surface area contributed by atoms with E-state index in [2.05, 4.69) is 15.6 Å². The zero-order valence-electron chi connectivity index (χ0n) is 17.2. The molecule has 4 rings (SSSR count). The first-order valence-corrected chi connectivity index (χ1v) is 10.0. The number of nitrogens with zero attached hydrogens (tertiary/aromatic N) is 2. The van der Waals surface area contributed by atoms with Crippen LogP contribution in [0.5, 0.6) is 0 Å². The molecule has 0 spiro atoms. The third-order valence-corrected chi connectivity index (χ3v) is 5.08. The molecule has 3 aromatic carbocycles. The summed E-state index contributed by atoms with van der Waals surface area (Å²) in [5.41, 5.74) is 9.54. The lowest BCUT2D eigenvalue weighted by Crippen LogP contribution is -2.20. The largest absolute Gasteiger partial charge is 0.370 e. The lowest BCUT2D eigenvalue weighted by Gasteiger charge is -2.17. The molecule has 1 atom stereocenters. The zero-order valence-corrected chi connectivity index (χ0v) is 17.2. The average molecular weight is 426 g/mol. The SMILES string of the molecule is N=C(N)Nc1cccc(C(=O)Nc2ccc3c(c2)ncn3C(CC=O)c2ccccc2)c1. The Bertz CT molecular complexity index is 1280. The van der Waals surface area contributed by atoms with Crippen molar-refractivity contribution in [1.29, 1.82) is 5.41 Å². The number of carbonyl (C=O) groups excluding carboxylic acids is 2. The summed E-state index contributed by atoms with van der Waals surface area (Å²) < 4.78 is 1.97. The molecule has 1 aromatic heterocycles. The van der Waals surface area contributed by atoms with Crippen molar-refractivity contribution in [2.75, 3.05) is 10.6 Å². The highest BCUT2D eigenvalue weighted by Crippen LogP contribution is 2.27. The van der Waals surface area contributed by atoms with E-state index in [-0.39, 0.29) is 17.9 Å². The first kappa shape index (κ1) is 20.8. The molecule has 0 saturated heterocycles. The highest BCUT2D eigenvalue weighted by atomic mass is 16.1. The number of anilines is 2. The maximum absolute atomic E-state index is 12.7. The molecule has 8 heteroatoms. The number of imidazole rings is 1. The highest BCUT2D eigenvalue weighted by molar-refractivity contribution is 6.06. The van der Waals surface area contributed by atoms with E-state index in [1.165, 1.54) is 0 Å². The Kier molecular flexibility index (Phi) is 5.94. The molecule has 8 nitrogen and oxygen atoms in total. The average Bonchev–Trinajstić information content (AvgIpc) is 3.20. The van der Waals surface area contributed by atoms with Crippen molar-refractivity contribution < 1.29 is 9.59 Å². The molecular weight excluding hydrogens is 404 g/mol. The van der Waals surface area contributed by atoms with Crippen molar-refractivity contribution in [2.45, 2.75) is 12.5 Å². The van der Waals surface area contributed by atoms with Crippen molar-refractivity contribution >= 4 is 40.6 Å². The maximum Gasteiger partial charge on any atom is 0.255 e. The predicted molar refractivity (Wildman–Crippen MR) is 125 cm³/mol. The molecule has 0 aliphatic carbocycles. The molecular formula is C24H22N6O2. The van der Waals surface area contributed by atoms with Crippen LogP contribution in [-0.4, -0.2) is 27.7 Å². The van der Waals surface area contributed by atoms with Gasteiger partial charge in [-0.1, -0.05) is 36.4 Å². The molecule has 0 saturated carbocycles. The van der Waals surface area contributed by atoms with Gasteiger partial charge in [0, 0.05) is 23.4 Å². The van der Waals surface area contributed by atoms with Gasteiger partial charge in [0.1, 0.15) is 6.29 Å². The first-order valence-electron chi connectivity index (χ1n) is 10.0. The van der Waals surface area contributed by atoms with E-state index >= 15 is 0 Å². The molecule has 160 valence electrons. The van der Waals surface area contributed by atoms with Gasteiger partial charge in [-0.05, 0) is 42.0 Å². The summed E-state index contributed by atoms with van der Waals surface area (Å²) in [7, 11) is 0. The Hall–Kier alpha value is -4.46. The van der Waals surface area contributed by atoms with Crippen LogP contribution in [0.2, 0.25) is 0 Å². The predicted octanol–water partition coefficient (Wildman–Crippen LogP) is 3.77. The van der Waals surface area contributed by atoms with Crippen LogP contribution in [0, 0.1) is 5.41 Å². The summed E-state index contributed by atoms with van der Waals surface area (Å²) in [4.78, 5) is 28.5. The van der Waals surface area contributed by atoms with E-state index in [0.29, 0.717) is 28.9 Å². The van der Waals surface area contributed by atoms with Gasteiger partial charge in [-0.2, -0.15) is 0 Å². The Morgan fingerprint density at radius 1 is 1.03 bits per heavy atom. The van der Waals surface area contributed by atoms with Gasteiger partial charge in [-0.15, -0.1) is 0 Å². The van der Waals surface area contributed by atoms with Crippen LogP contribution >= 0.6 is 0 Å². The lowest BCUT2D eigenvalue weighted by atomic mass is 10.0. The van der Waals surface area contributed by atoms with Crippen LogP contribution in [0.1, 0.15) is 28.4 Å². The minimum atomic E-state index is -0.292. The number of benzene rings is 3. The summed E-state index contributed by atoms with van der Waals surface area (Å²) in [5.74, 6) is -0.494. The fraction of sp³-hybridized carbons (Fsp3) is 0.0833. The van der Waals surface area contributed by atoms with Gasteiger partial charge in [0.15, 0.2) is 5.96 Å². The molecule has 0 bridgehead atoms. The van der Waals surface area contributed by atoms with E-state index in [4.69, 9.17) is 11.1 Å². The van der Waals surface area contributed by atoms with Gasteiger partial charge in [0.05, 0.1) is 23.4 Å². The number of guanidine groups is 1. The summed E-state index contributed by atoms with van der Waals surface area (Å²) in [5, 5.41) is 12.9. The molecule has 4 aromatic rings. The summed E-state index contributed by atoms with van der Waals surface area (Å²) in [6.07, 6.45) is 2.96. The fourth-order valence-electron chi connectivity index (χ4n) is 3.63. The number of rotatable bonds is 7. The second-order valence-corrected chi connectivity index (χ2v) is 7.26. The number of fused-ring (bicyclic) bond motifs is 1. The van der Waals surface area contributed by atoms with Gasteiger partial charge in [-0.3, -0.25) is 10.2 Å². The normalized spacial score (nSPS) is 11.6. The molecule has 1 amide bonds. The van der Waals surface area contributed by atoms with Crippen LogP contribution in [0.15, 0.2) is 79.1 Å². The van der Waals surface area contributed by atoms with Crippen LogP contribution in [0.25, 0.3) is 11.0 Å². The Morgan fingerprint density at radius 2 is 1.81 bits per heavy atom. The standard InChI is InChI=1S/C24H22N6O2/c25-24(26)29-18-8-4-7-17(13-18)23(32)28-19-9-10-22-20(14-19)27-15-30(22)21(11-12-31)16-5-2-1-3-6-16/h1-10,12-15,21H,11H2,(H,28,32)(H4,25,26,29). The number of nitrogens with two attached hydrogens (primary N) is 1. The minimum Gasteiger partial charge on any atom is -0.370 e. The number of hydrogen-bond donors (Lipinski definition) is 4. The number of hydrogen-bond acceptors (Lipinski definition) is 4. The molecule has 0 aliphatic rings. The highest BCUT2D eigenvalue weighted by Gasteiger charge is 2.16. The number of carbonyl (C=O) groups is 2. The molecule has 0 aliphatic heterocycles. The zero-order chi connectivity index (χ0) is 22.5. The molecule has 1 unspecified atom stereocenters. The smallest absolute Gasteiger partial charge is 0.255 e. The Morgan fingerprint density at radius 3 is 2.56 bits per heavy atom. The second kappa shape index (κ2) is 9.13. The van der Waals surface area contributed by atoms with Gasteiger partial charge < -0.3 is 25.7 Å². The van der Waals surface area contributed by atoms with Gasteiger partial charge in [0.2, 0.25) is 0 Å². The van der Waals surface area contributed by atoms with Gasteiger partial charge >= 0.3 is 0 Å². The quantitative estimate of drug-likeness (QED) is 0.203. The van der Waals surface area contributed by atoms with Crippen molar-refractivity contribution in [3.63, 3.8) is 0 Å². The van der Waals surface area contributed by atoms with Crippen molar-refractivity contribution in [1.82, 2.24) is 9.55 Å². The molecule has 5 N–H and O–H groups in total. The number of aldehydes is 1. The third kappa shape index (κ3) is 4.49. The van der Waals surface area contributed by atoms with Crippen molar-refractivity contribution in [3.05, 3.63) is 90.3 Å². The second-order valence-electron chi connectivity index (χ2n) is 7.26. The maximum atomic E-state index is 12.7. The molecule has 1 heterocycles. The summed E-state index contributed by atoms with van der Waals surface area (Å²) in [6.45, 7) is 0. The Balaban J connectivity index is 1.58. The van der Waals surface area contributed by atoms with Crippen LogP contribution in [0.4, 0.5) is 11.4 Å². The van der Waals surface area contributed by atoms with Crippen LogP contribution in [0.3, 0.4) is 0 Å². The Labute approximate surface area is 184 Å². The monoisotopic (exact) mass is 426 g/mol. The number of aromatic nitrogens is 2. The molecule has 0 radical (unpaired) electrons. The van der Waals surface area contributed by atoms with Crippen molar-refractivity contribution in [3.8, 4) is 0 Å². The van der Waals surface area contributed by atoms with Crippen LogP contribution < -0.4 is 16.4 Å². The topological polar surface area (TPSA) is 126 Å². The van der Waals surface area contributed by atoms with Crippen molar-refractivity contribution in [2.24, 2.45) is 5.73 Å². The lowest BCUT2D eigenvalue weighted by molar-refractivity contribution is -0.108. The molecule has 32 heavy (non-hydrogen) atoms. The minimum absolute atomic E-state index is 0.157. The van der Waals surface area contributed by atoms with E-state index < -0.39 is 0 Å². The van der Waals surface area contributed by atoms with E-state index in [0.717, 1.165) is 17.4 Å². The molecule has 0 fully saturated rings. The van der Waals surface area contributed by atoms with Crippen LogP contribution in [-0.2, 0) is 4.79 Å². The summed E-state index contributed by atoms with van der Waals surface area (Å²) >= 11 is 0. The number of amides is 1. The first-order chi connectivity index (χ1) is 15.5. The van der Waals surface area contributed by atoms with E-state index in [9.17, 15) is 9.59 Å². The van der Waals surface area contributed by atoms with E-state index in [1.54, 1.807) is 42.7 Å². The fourth-order valence-corrected chi connectivity index (χ4v) is 3.63. The van der Waals surface area contributed by atoms with Gasteiger partial charge in [-0.25, -0.2) is 4.98 Å². The van der Waals surface area contributed by atoms with E-state index in [1.807, 2.05) is 41.0 Å². The van der Waals surface area contributed by atoms with Gasteiger partial charge in [0.25, 0.3) is 5.91 Å². The third-order valence-electron chi connectivity index (χ3n) is 5.08. The number of nitrogens with one attached hydrogen (secondary N) is 3. The summed E-state index contributed by atoms with van der Waals surface area (Å²) in [6, 6.07) is 21.9.